The lowest BCUT2D eigenvalue weighted by atomic mass is 10.0. The van der Waals surface area contributed by atoms with Crippen molar-refractivity contribution in [2.75, 3.05) is 26.2 Å². The van der Waals surface area contributed by atoms with Gasteiger partial charge in [-0.3, -0.25) is 4.79 Å². The van der Waals surface area contributed by atoms with E-state index in [-0.39, 0.29) is 5.91 Å². The molecule has 1 aromatic carbocycles. The lowest BCUT2D eigenvalue weighted by Gasteiger charge is -2.22. The highest BCUT2D eigenvalue weighted by atomic mass is 16.1. The molecule has 0 radical (unpaired) electrons. The molecule has 0 aliphatic rings. The van der Waals surface area contributed by atoms with Crippen LogP contribution in [-0.2, 0) is 6.42 Å². The maximum absolute atomic E-state index is 12.8. The van der Waals surface area contributed by atoms with Crippen molar-refractivity contribution < 1.29 is 4.79 Å². The molecule has 0 bridgehead atoms. The number of carbonyl (C=O) groups excluding carboxylic acids is 1. The van der Waals surface area contributed by atoms with Crippen LogP contribution < -0.4 is 5.32 Å². The molecule has 30 heavy (non-hydrogen) atoms. The van der Waals surface area contributed by atoms with Crippen LogP contribution in [-0.4, -0.2) is 51.6 Å². The summed E-state index contributed by atoms with van der Waals surface area (Å²) in [6, 6.07) is 10.3. The van der Waals surface area contributed by atoms with Gasteiger partial charge in [0, 0.05) is 30.9 Å². The van der Waals surface area contributed by atoms with Crippen LogP contribution in [0.3, 0.4) is 0 Å². The summed E-state index contributed by atoms with van der Waals surface area (Å²) in [5.41, 5.74) is 5.50. The lowest BCUT2D eigenvalue weighted by Crippen LogP contribution is -2.35. The van der Waals surface area contributed by atoms with Gasteiger partial charge >= 0.3 is 0 Å². The van der Waals surface area contributed by atoms with E-state index < -0.39 is 0 Å². The largest absolute Gasteiger partial charge is 0.352 e. The Bertz CT molecular complexity index is 992. The van der Waals surface area contributed by atoms with Gasteiger partial charge in [0.15, 0.2) is 5.65 Å². The molecule has 0 spiro atoms. The topological polar surface area (TPSA) is 62.5 Å². The zero-order valence-corrected chi connectivity index (χ0v) is 18.8. The quantitative estimate of drug-likeness (QED) is 0.588. The molecule has 0 saturated heterocycles. The Hall–Kier alpha value is -2.73. The normalized spacial score (nSPS) is 12.5. The summed E-state index contributed by atoms with van der Waals surface area (Å²) in [5, 5.41) is 7.53. The molecule has 1 atom stereocenters. The number of nitrogens with zero attached hydrogens (tertiary/aromatic N) is 4. The van der Waals surface area contributed by atoms with Gasteiger partial charge in [-0.25, -0.2) is 9.50 Å². The van der Waals surface area contributed by atoms with Crippen molar-refractivity contribution >= 4 is 11.6 Å². The summed E-state index contributed by atoms with van der Waals surface area (Å²) >= 11 is 0. The van der Waals surface area contributed by atoms with Gasteiger partial charge in [-0.15, -0.1) is 0 Å². The zero-order valence-electron chi connectivity index (χ0n) is 18.8. The van der Waals surface area contributed by atoms with E-state index >= 15 is 0 Å². The first-order chi connectivity index (χ1) is 14.4. The van der Waals surface area contributed by atoms with Crippen LogP contribution in [0, 0.1) is 19.8 Å². The monoisotopic (exact) mass is 407 g/mol. The Morgan fingerprint density at radius 3 is 2.53 bits per heavy atom. The molecule has 6 heteroatoms. The van der Waals surface area contributed by atoms with E-state index in [0.717, 1.165) is 43.0 Å². The number of carbonyl (C=O) groups is 1. The standard InChI is InChI=1S/C24H33N5O/c1-6-28(7-2)16-17(3)14-25-24(30)22-15-26-29-19(5)21(18(4)27-23(22)29)13-20-11-9-8-10-12-20/h8-12,15,17H,6-7,13-14,16H2,1-5H3,(H,25,30). The summed E-state index contributed by atoms with van der Waals surface area (Å²) in [6.07, 6.45) is 2.43. The maximum Gasteiger partial charge on any atom is 0.256 e. The Morgan fingerprint density at radius 2 is 1.87 bits per heavy atom. The number of amides is 1. The smallest absolute Gasteiger partial charge is 0.256 e. The summed E-state index contributed by atoms with van der Waals surface area (Å²) in [7, 11) is 0. The number of fused-ring (bicyclic) bond motifs is 1. The van der Waals surface area contributed by atoms with E-state index in [9.17, 15) is 4.79 Å². The average Bonchev–Trinajstić information content (AvgIpc) is 3.18. The molecule has 0 aliphatic carbocycles. The predicted octanol–water partition coefficient (Wildman–Crippen LogP) is 3.64. The number of rotatable bonds is 9. The molecule has 0 aliphatic heterocycles. The molecule has 3 aromatic rings. The third kappa shape index (κ3) is 4.87. The van der Waals surface area contributed by atoms with Gasteiger partial charge in [0.25, 0.3) is 5.91 Å². The van der Waals surface area contributed by atoms with Gasteiger partial charge in [-0.2, -0.15) is 5.10 Å². The Morgan fingerprint density at radius 1 is 1.17 bits per heavy atom. The minimum Gasteiger partial charge on any atom is -0.352 e. The maximum atomic E-state index is 12.8. The molecular weight excluding hydrogens is 374 g/mol. The minimum atomic E-state index is -0.112. The molecule has 2 aromatic heterocycles. The molecule has 3 rings (SSSR count). The molecule has 160 valence electrons. The number of benzene rings is 1. The first-order valence-electron chi connectivity index (χ1n) is 10.8. The summed E-state index contributed by atoms with van der Waals surface area (Å²) in [4.78, 5) is 19.9. The third-order valence-electron chi connectivity index (χ3n) is 5.75. The lowest BCUT2D eigenvalue weighted by molar-refractivity contribution is 0.0946. The van der Waals surface area contributed by atoms with Crippen molar-refractivity contribution in [2.45, 2.75) is 41.0 Å². The number of aryl methyl sites for hydroxylation is 2. The zero-order chi connectivity index (χ0) is 21.7. The van der Waals surface area contributed by atoms with Crippen molar-refractivity contribution in [3.8, 4) is 0 Å². The molecule has 1 unspecified atom stereocenters. The van der Waals surface area contributed by atoms with Gasteiger partial charge < -0.3 is 10.2 Å². The fourth-order valence-electron chi connectivity index (χ4n) is 3.88. The SMILES string of the molecule is CCN(CC)CC(C)CNC(=O)c1cnn2c(C)c(Cc3ccccc3)c(C)nc12. The highest BCUT2D eigenvalue weighted by Crippen LogP contribution is 2.20. The highest BCUT2D eigenvalue weighted by molar-refractivity contribution is 5.99. The van der Waals surface area contributed by atoms with Crippen LogP contribution in [0.5, 0.6) is 0 Å². The Kier molecular flexibility index (Phi) is 7.21. The minimum absolute atomic E-state index is 0.112. The van der Waals surface area contributed by atoms with E-state index in [4.69, 9.17) is 4.98 Å². The molecule has 1 N–H and O–H groups in total. The van der Waals surface area contributed by atoms with Gasteiger partial charge in [-0.1, -0.05) is 51.1 Å². The van der Waals surface area contributed by atoms with Crippen LogP contribution in [0.15, 0.2) is 36.5 Å². The molecule has 6 nitrogen and oxygen atoms in total. The van der Waals surface area contributed by atoms with E-state index in [1.165, 1.54) is 5.56 Å². The number of hydrogen-bond acceptors (Lipinski definition) is 4. The van der Waals surface area contributed by atoms with Crippen molar-refractivity contribution in [1.82, 2.24) is 24.8 Å². The summed E-state index contributed by atoms with van der Waals surface area (Å²) < 4.78 is 1.79. The fraction of sp³-hybridized carbons (Fsp3) is 0.458. The average molecular weight is 408 g/mol. The van der Waals surface area contributed by atoms with Gasteiger partial charge in [0.05, 0.1) is 6.20 Å². The van der Waals surface area contributed by atoms with E-state index in [1.54, 1.807) is 10.7 Å². The van der Waals surface area contributed by atoms with Crippen LogP contribution in [0.25, 0.3) is 5.65 Å². The fourth-order valence-corrected chi connectivity index (χ4v) is 3.88. The molecule has 1 amide bonds. The number of nitrogens with one attached hydrogen (secondary N) is 1. The number of hydrogen-bond donors (Lipinski definition) is 1. The first-order valence-corrected chi connectivity index (χ1v) is 10.8. The molecule has 0 saturated carbocycles. The first kappa shape index (κ1) is 22.0. The molecule has 2 heterocycles. The van der Waals surface area contributed by atoms with E-state index in [1.807, 2.05) is 32.0 Å². The van der Waals surface area contributed by atoms with E-state index in [2.05, 4.69) is 48.2 Å². The molecular formula is C24H33N5O. The van der Waals surface area contributed by atoms with Crippen LogP contribution in [0.4, 0.5) is 0 Å². The second-order valence-corrected chi connectivity index (χ2v) is 8.02. The van der Waals surface area contributed by atoms with Crippen molar-refractivity contribution in [3.05, 3.63) is 64.6 Å². The van der Waals surface area contributed by atoms with Crippen molar-refractivity contribution in [3.63, 3.8) is 0 Å². The van der Waals surface area contributed by atoms with Gasteiger partial charge in [-0.05, 0) is 44.0 Å². The van der Waals surface area contributed by atoms with Crippen LogP contribution in [0.1, 0.15) is 53.6 Å². The summed E-state index contributed by atoms with van der Waals surface area (Å²) in [6.45, 7) is 14.2. The highest BCUT2D eigenvalue weighted by Gasteiger charge is 2.19. The second kappa shape index (κ2) is 9.85. The second-order valence-electron chi connectivity index (χ2n) is 8.02. The molecule has 0 fully saturated rings. The Labute approximate surface area is 179 Å². The third-order valence-corrected chi connectivity index (χ3v) is 5.75. The van der Waals surface area contributed by atoms with Crippen LogP contribution >= 0.6 is 0 Å². The van der Waals surface area contributed by atoms with Crippen molar-refractivity contribution in [1.29, 1.82) is 0 Å². The van der Waals surface area contributed by atoms with Crippen molar-refractivity contribution in [2.24, 2.45) is 5.92 Å². The predicted molar refractivity (Wildman–Crippen MR) is 121 cm³/mol. The van der Waals surface area contributed by atoms with E-state index in [0.29, 0.717) is 23.7 Å². The summed E-state index contributed by atoms with van der Waals surface area (Å²) in [5.74, 6) is 0.267. The number of aromatic nitrogens is 3. The Balaban J connectivity index is 1.77. The van der Waals surface area contributed by atoms with Gasteiger partial charge in [0.1, 0.15) is 5.56 Å². The van der Waals surface area contributed by atoms with Crippen LogP contribution in [0.2, 0.25) is 0 Å². The van der Waals surface area contributed by atoms with Gasteiger partial charge in [0.2, 0.25) is 0 Å².